The van der Waals surface area contributed by atoms with Crippen LogP contribution < -0.4 is 11.3 Å². The van der Waals surface area contributed by atoms with Gasteiger partial charge in [0.1, 0.15) is 0 Å². The average Bonchev–Trinajstić information content (AvgIpc) is 2.85. The van der Waals surface area contributed by atoms with Crippen LogP contribution in [0.5, 0.6) is 0 Å². The first-order chi connectivity index (χ1) is 8.35. The third kappa shape index (κ3) is 2.94. The Morgan fingerprint density at radius 1 is 1.24 bits per heavy atom. The van der Waals surface area contributed by atoms with Crippen LogP contribution in [0.4, 0.5) is 0 Å². The molecule has 0 bridgehead atoms. The fraction of sp³-hybridized carbons (Fsp3) is 0.286. The first kappa shape index (κ1) is 12.3. The van der Waals surface area contributed by atoms with Crippen molar-refractivity contribution in [1.29, 1.82) is 0 Å². The van der Waals surface area contributed by atoms with Crippen LogP contribution in [0.3, 0.4) is 0 Å². The smallest absolute Gasteiger partial charge is 0.0596 e. The van der Waals surface area contributed by atoms with E-state index in [9.17, 15) is 0 Å². The largest absolute Gasteiger partial charge is 0.271 e. The summed E-state index contributed by atoms with van der Waals surface area (Å²) in [6, 6.07) is 12.9. The van der Waals surface area contributed by atoms with Gasteiger partial charge in [0.2, 0.25) is 0 Å². The zero-order chi connectivity index (χ0) is 12.1. The molecule has 0 radical (unpaired) electrons. The molecular formula is C14H18N2S. The van der Waals surface area contributed by atoms with Crippen LogP contribution in [0.1, 0.15) is 29.0 Å². The zero-order valence-electron chi connectivity index (χ0n) is 10.0. The summed E-state index contributed by atoms with van der Waals surface area (Å²) in [4.78, 5) is 1.36. The lowest BCUT2D eigenvalue weighted by Gasteiger charge is -2.16. The average molecular weight is 246 g/mol. The second kappa shape index (κ2) is 5.96. The molecule has 0 amide bonds. The van der Waals surface area contributed by atoms with Gasteiger partial charge in [-0.1, -0.05) is 37.3 Å². The number of hydrogen-bond donors (Lipinski definition) is 2. The minimum absolute atomic E-state index is 0.215. The Kier molecular flexibility index (Phi) is 4.31. The van der Waals surface area contributed by atoms with E-state index in [1.165, 1.54) is 16.0 Å². The summed E-state index contributed by atoms with van der Waals surface area (Å²) in [7, 11) is 0. The summed E-state index contributed by atoms with van der Waals surface area (Å²) >= 11 is 1.78. The lowest BCUT2D eigenvalue weighted by molar-refractivity contribution is 0.557. The summed E-state index contributed by atoms with van der Waals surface area (Å²) in [5.41, 5.74) is 5.65. The topological polar surface area (TPSA) is 38.0 Å². The van der Waals surface area contributed by atoms with Gasteiger partial charge >= 0.3 is 0 Å². The lowest BCUT2D eigenvalue weighted by atomic mass is 10.0. The third-order valence-electron chi connectivity index (χ3n) is 2.96. The second-order valence-electron chi connectivity index (χ2n) is 4.07. The SMILES string of the molecule is CCc1ccsc1C(Cc1ccccc1)NN. The van der Waals surface area contributed by atoms with Gasteiger partial charge < -0.3 is 0 Å². The van der Waals surface area contributed by atoms with Crippen molar-refractivity contribution < 1.29 is 0 Å². The van der Waals surface area contributed by atoms with E-state index in [4.69, 9.17) is 5.84 Å². The first-order valence-electron chi connectivity index (χ1n) is 5.91. The van der Waals surface area contributed by atoms with Gasteiger partial charge in [-0.25, -0.2) is 0 Å². The van der Waals surface area contributed by atoms with Crippen molar-refractivity contribution >= 4 is 11.3 Å². The Morgan fingerprint density at radius 2 is 2.00 bits per heavy atom. The Hall–Kier alpha value is -1.16. The molecule has 2 aromatic rings. The molecule has 0 fully saturated rings. The van der Waals surface area contributed by atoms with E-state index in [0.29, 0.717) is 0 Å². The van der Waals surface area contributed by atoms with Crippen LogP contribution in [0, 0.1) is 0 Å². The Bertz CT molecular complexity index is 450. The van der Waals surface area contributed by atoms with Crippen molar-refractivity contribution in [2.45, 2.75) is 25.8 Å². The fourth-order valence-corrected chi connectivity index (χ4v) is 3.08. The molecule has 2 nitrogen and oxygen atoms in total. The van der Waals surface area contributed by atoms with Crippen molar-refractivity contribution in [1.82, 2.24) is 5.43 Å². The van der Waals surface area contributed by atoms with Gasteiger partial charge in [0.25, 0.3) is 0 Å². The Labute approximate surface area is 106 Å². The highest BCUT2D eigenvalue weighted by Crippen LogP contribution is 2.27. The summed E-state index contributed by atoms with van der Waals surface area (Å²) < 4.78 is 0. The molecule has 90 valence electrons. The number of hydrogen-bond acceptors (Lipinski definition) is 3. The molecule has 1 aromatic heterocycles. The van der Waals surface area contributed by atoms with Crippen molar-refractivity contribution in [3.05, 3.63) is 57.8 Å². The number of benzene rings is 1. The van der Waals surface area contributed by atoms with Crippen LogP contribution in [-0.4, -0.2) is 0 Å². The van der Waals surface area contributed by atoms with Crippen molar-refractivity contribution in [3.63, 3.8) is 0 Å². The quantitative estimate of drug-likeness (QED) is 0.628. The maximum Gasteiger partial charge on any atom is 0.0596 e. The van der Waals surface area contributed by atoms with E-state index in [1.807, 2.05) is 6.07 Å². The van der Waals surface area contributed by atoms with Gasteiger partial charge in [0.05, 0.1) is 6.04 Å². The second-order valence-corrected chi connectivity index (χ2v) is 5.02. The van der Waals surface area contributed by atoms with Gasteiger partial charge in [0, 0.05) is 4.88 Å². The number of aryl methyl sites for hydroxylation is 1. The minimum atomic E-state index is 0.215. The standard InChI is InChI=1S/C14H18N2S/c1-2-12-8-9-17-14(12)13(16-15)10-11-6-4-3-5-7-11/h3-9,13,16H,2,10,15H2,1H3. The highest BCUT2D eigenvalue weighted by molar-refractivity contribution is 7.10. The summed E-state index contributed by atoms with van der Waals surface area (Å²) in [5.74, 6) is 5.69. The van der Waals surface area contributed by atoms with E-state index in [-0.39, 0.29) is 6.04 Å². The monoisotopic (exact) mass is 246 g/mol. The highest BCUT2D eigenvalue weighted by atomic mass is 32.1. The molecule has 0 saturated heterocycles. The number of nitrogens with one attached hydrogen (secondary N) is 1. The first-order valence-corrected chi connectivity index (χ1v) is 6.79. The van der Waals surface area contributed by atoms with E-state index in [1.54, 1.807) is 11.3 Å². The minimum Gasteiger partial charge on any atom is -0.271 e. The molecule has 17 heavy (non-hydrogen) atoms. The van der Waals surface area contributed by atoms with Gasteiger partial charge in [-0.05, 0) is 35.4 Å². The molecule has 3 N–H and O–H groups in total. The number of thiophene rings is 1. The van der Waals surface area contributed by atoms with Gasteiger partial charge in [-0.15, -0.1) is 11.3 Å². The molecule has 0 aliphatic rings. The molecule has 1 heterocycles. The molecule has 0 aliphatic heterocycles. The third-order valence-corrected chi connectivity index (χ3v) is 4.03. The molecule has 3 heteroatoms. The van der Waals surface area contributed by atoms with E-state index >= 15 is 0 Å². The number of nitrogens with two attached hydrogens (primary N) is 1. The van der Waals surface area contributed by atoms with Gasteiger partial charge in [-0.2, -0.15) is 0 Å². The molecule has 2 rings (SSSR count). The van der Waals surface area contributed by atoms with Crippen LogP contribution >= 0.6 is 11.3 Å². The summed E-state index contributed by atoms with van der Waals surface area (Å²) in [5, 5.41) is 2.14. The van der Waals surface area contributed by atoms with Crippen LogP contribution in [0.2, 0.25) is 0 Å². The van der Waals surface area contributed by atoms with Gasteiger partial charge in [0.15, 0.2) is 0 Å². The van der Waals surface area contributed by atoms with Crippen LogP contribution in [0.25, 0.3) is 0 Å². The van der Waals surface area contributed by atoms with Crippen LogP contribution in [-0.2, 0) is 12.8 Å². The Balaban J connectivity index is 2.17. The number of hydrazine groups is 1. The maximum absolute atomic E-state index is 5.69. The molecular weight excluding hydrogens is 228 g/mol. The zero-order valence-corrected chi connectivity index (χ0v) is 10.8. The van der Waals surface area contributed by atoms with E-state index < -0.39 is 0 Å². The van der Waals surface area contributed by atoms with Crippen molar-refractivity contribution in [2.24, 2.45) is 5.84 Å². The Morgan fingerprint density at radius 3 is 2.65 bits per heavy atom. The van der Waals surface area contributed by atoms with E-state index in [2.05, 4.69) is 48.1 Å². The van der Waals surface area contributed by atoms with Crippen molar-refractivity contribution in [2.75, 3.05) is 0 Å². The van der Waals surface area contributed by atoms with Crippen LogP contribution in [0.15, 0.2) is 41.8 Å². The molecule has 1 unspecified atom stereocenters. The predicted octanol–water partition coefficient (Wildman–Crippen LogP) is 3.06. The molecule has 1 atom stereocenters. The summed E-state index contributed by atoms with van der Waals surface area (Å²) in [6.45, 7) is 2.18. The predicted molar refractivity (Wildman–Crippen MR) is 73.9 cm³/mol. The summed E-state index contributed by atoms with van der Waals surface area (Å²) in [6.07, 6.45) is 2.00. The van der Waals surface area contributed by atoms with Crippen molar-refractivity contribution in [3.8, 4) is 0 Å². The molecule has 0 aliphatic carbocycles. The molecule has 0 saturated carbocycles. The maximum atomic E-state index is 5.69. The fourth-order valence-electron chi connectivity index (χ4n) is 2.02. The molecule has 0 spiro atoms. The molecule has 1 aromatic carbocycles. The highest BCUT2D eigenvalue weighted by Gasteiger charge is 2.15. The normalized spacial score (nSPS) is 12.6. The van der Waals surface area contributed by atoms with E-state index in [0.717, 1.165) is 12.8 Å². The van der Waals surface area contributed by atoms with Gasteiger partial charge in [-0.3, -0.25) is 11.3 Å². The lowest BCUT2D eigenvalue weighted by Crippen LogP contribution is -2.29. The number of rotatable bonds is 5.